The van der Waals surface area contributed by atoms with Crippen molar-refractivity contribution in [2.75, 3.05) is 10.6 Å². The third-order valence-electron chi connectivity index (χ3n) is 4.77. The molecule has 4 nitrogen and oxygen atoms in total. The minimum Gasteiger partial charge on any atom is -0.326 e. The number of carbonyl (C=O) groups excluding carboxylic acids is 2. The van der Waals surface area contributed by atoms with Gasteiger partial charge in [-0.3, -0.25) is 9.59 Å². The zero-order valence-electron chi connectivity index (χ0n) is 18.6. The summed E-state index contributed by atoms with van der Waals surface area (Å²) in [7, 11) is 0. The van der Waals surface area contributed by atoms with Crippen LogP contribution in [0.25, 0.3) is 10.8 Å². The predicted molar refractivity (Wildman–Crippen MR) is 132 cm³/mol. The summed E-state index contributed by atoms with van der Waals surface area (Å²) < 4.78 is 0. The van der Waals surface area contributed by atoms with Crippen molar-refractivity contribution in [3.05, 3.63) is 66.7 Å². The minimum atomic E-state index is -0.230. The van der Waals surface area contributed by atoms with Crippen molar-refractivity contribution < 1.29 is 9.59 Å². The van der Waals surface area contributed by atoms with Crippen LogP contribution in [0.15, 0.2) is 71.6 Å². The molecular formula is C26H30N2O2S. The Labute approximate surface area is 188 Å². The van der Waals surface area contributed by atoms with E-state index < -0.39 is 0 Å². The molecule has 5 heteroatoms. The molecule has 1 atom stereocenters. The zero-order chi connectivity index (χ0) is 22.4. The van der Waals surface area contributed by atoms with Gasteiger partial charge in [-0.25, -0.2) is 0 Å². The predicted octanol–water partition coefficient (Wildman–Crippen LogP) is 6.72. The van der Waals surface area contributed by atoms with E-state index >= 15 is 0 Å². The summed E-state index contributed by atoms with van der Waals surface area (Å²) in [6.45, 7) is 8.13. The lowest BCUT2D eigenvalue weighted by atomic mass is 9.92. The highest BCUT2D eigenvalue weighted by Gasteiger charge is 2.19. The standard InChI is InChI=1S/C26H30N2O2S/c1-5-23(25(30)28-21-14-13-18-9-6-7-10-19(18)15-21)31-22-12-8-11-20(16-22)27-24(29)17-26(2,3)4/h6-16,23H,5,17H2,1-4H3,(H,27,29)(H,28,30). The fourth-order valence-corrected chi connectivity index (χ4v) is 4.32. The van der Waals surface area contributed by atoms with Crippen LogP contribution in [0, 0.1) is 5.41 Å². The molecular weight excluding hydrogens is 404 g/mol. The van der Waals surface area contributed by atoms with Gasteiger partial charge in [-0.1, -0.05) is 64.1 Å². The molecule has 0 spiro atoms. The number of anilines is 2. The summed E-state index contributed by atoms with van der Waals surface area (Å²) in [5.41, 5.74) is 1.49. The average Bonchev–Trinajstić information content (AvgIpc) is 2.70. The Morgan fingerprint density at radius 3 is 2.29 bits per heavy atom. The Hall–Kier alpha value is -2.79. The highest BCUT2D eigenvalue weighted by molar-refractivity contribution is 8.00. The molecule has 0 saturated carbocycles. The number of thioether (sulfide) groups is 1. The second kappa shape index (κ2) is 10.0. The summed E-state index contributed by atoms with van der Waals surface area (Å²) in [4.78, 5) is 26.1. The number of rotatable bonds is 7. The van der Waals surface area contributed by atoms with Crippen LogP contribution in [-0.2, 0) is 9.59 Å². The second-order valence-electron chi connectivity index (χ2n) is 8.88. The Kier molecular flexibility index (Phi) is 7.39. The van der Waals surface area contributed by atoms with E-state index in [1.54, 1.807) is 0 Å². The van der Waals surface area contributed by atoms with Crippen LogP contribution in [0.4, 0.5) is 11.4 Å². The van der Waals surface area contributed by atoms with Gasteiger partial charge < -0.3 is 10.6 Å². The number of carbonyl (C=O) groups is 2. The van der Waals surface area contributed by atoms with Gasteiger partial charge in [0, 0.05) is 22.7 Å². The number of benzene rings is 3. The first-order valence-corrected chi connectivity index (χ1v) is 11.5. The van der Waals surface area contributed by atoms with E-state index in [4.69, 9.17) is 0 Å². The number of amides is 2. The normalized spacial score (nSPS) is 12.4. The summed E-state index contributed by atoms with van der Waals surface area (Å²) in [6, 6.07) is 21.7. The Morgan fingerprint density at radius 1 is 0.871 bits per heavy atom. The van der Waals surface area contributed by atoms with Crippen molar-refractivity contribution in [3.63, 3.8) is 0 Å². The molecule has 3 aromatic carbocycles. The molecule has 0 radical (unpaired) electrons. The third-order valence-corrected chi connectivity index (χ3v) is 6.13. The monoisotopic (exact) mass is 434 g/mol. The highest BCUT2D eigenvalue weighted by atomic mass is 32.2. The molecule has 0 aliphatic carbocycles. The first kappa shape index (κ1) is 22.9. The van der Waals surface area contributed by atoms with Crippen molar-refractivity contribution >= 4 is 45.7 Å². The molecule has 0 heterocycles. The SMILES string of the molecule is CCC(Sc1cccc(NC(=O)CC(C)(C)C)c1)C(=O)Nc1ccc2ccccc2c1. The molecule has 31 heavy (non-hydrogen) atoms. The van der Waals surface area contributed by atoms with E-state index in [0.717, 1.165) is 27.0 Å². The molecule has 0 fully saturated rings. The van der Waals surface area contributed by atoms with Crippen molar-refractivity contribution in [2.24, 2.45) is 5.41 Å². The van der Waals surface area contributed by atoms with E-state index in [9.17, 15) is 9.59 Å². The van der Waals surface area contributed by atoms with E-state index in [-0.39, 0.29) is 22.5 Å². The number of fused-ring (bicyclic) bond motifs is 1. The summed E-state index contributed by atoms with van der Waals surface area (Å²) in [6.07, 6.45) is 1.15. The van der Waals surface area contributed by atoms with Gasteiger partial charge in [0.15, 0.2) is 0 Å². The van der Waals surface area contributed by atoms with Gasteiger partial charge in [0.2, 0.25) is 11.8 Å². The minimum absolute atomic E-state index is 0.00395. The summed E-state index contributed by atoms with van der Waals surface area (Å²) in [5, 5.41) is 8.02. The number of hydrogen-bond acceptors (Lipinski definition) is 3. The molecule has 3 aromatic rings. The maximum absolute atomic E-state index is 12.9. The van der Waals surface area contributed by atoms with Crippen LogP contribution in [0.5, 0.6) is 0 Å². The van der Waals surface area contributed by atoms with Gasteiger partial charge in [-0.15, -0.1) is 11.8 Å². The van der Waals surface area contributed by atoms with Crippen molar-refractivity contribution in [1.82, 2.24) is 0 Å². The van der Waals surface area contributed by atoms with E-state index in [1.165, 1.54) is 11.8 Å². The number of hydrogen-bond donors (Lipinski definition) is 2. The van der Waals surface area contributed by atoms with E-state index in [2.05, 4.69) is 16.7 Å². The largest absolute Gasteiger partial charge is 0.326 e. The van der Waals surface area contributed by atoms with Crippen LogP contribution in [0.2, 0.25) is 0 Å². The lowest BCUT2D eigenvalue weighted by Crippen LogP contribution is -2.24. The van der Waals surface area contributed by atoms with Gasteiger partial charge in [0.05, 0.1) is 5.25 Å². The van der Waals surface area contributed by atoms with E-state index in [0.29, 0.717) is 12.8 Å². The average molecular weight is 435 g/mol. The highest BCUT2D eigenvalue weighted by Crippen LogP contribution is 2.29. The molecule has 1 unspecified atom stereocenters. The molecule has 0 bridgehead atoms. The summed E-state index contributed by atoms with van der Waals surface area (Å²) >= 11 is 1.51. The fourth-order valence-electron chi connectivity index (χ4n) is 3.31. The van der Waals surface area contributed by atoms with Crippen molar-refractivity contribution in [1.29, 1.82) is 0 Å². The lowest BCUT2D eigenvalue weighted by Gasteiger charge is -2.18. The smallest absolute Gasteiger partial charge is 0.237 e. The lowest BCUT2D eigenvalue weighted by molar-refractivity contribution is -0.118. The van der Waals surface area contributed by atoms with Crippen LogP contribution in [0.3, 0.4) is 0 Å². The van der Waals surface area contributed by atoms with Crippen LogP contribution >= 0.6 is 11.8 Å². The molecule has 0 saturated heterocycles. The second-order valence-corrected chi connectivity index (χ2v) is 10.2. The van der Waals surface area contributed by atoms with Gasteiger partial charge in [-0.05, 0) is 52.9 Å². The van der Waals surface area contributed by atoms with Gasteiger partial charge in [0.1, 0.15) is 0 Å². The maximum atomic E-state index is 12.9. The van der Waals surface area contributed by atoms with Crippen molar-refractivity contribution in [3.8, 4) is 0 Å². The molecule has 0 aliphatic rings. The maximum Gasteiger partial charge on any atom is 0.237 e. The Bertz CT molecular complexity index is 1070. The topological polar surface area (TPSA) is 58.2 Å². The molecule has 2 N–H and O–H groups in total. The molecule has 0 aromatic heterocycles. The Morgan fingerprint density at radius 2 is 1.58 bits per heavy atom. The van der Waals surface area contributed by atoms with Crippen LogP contribution in [0.1, 0.15) is 40.5 Å². The van der Waals surface area contributed by atoms with Crippen LogP contribution < -0.4 is 10.6 Å². The van der Waals surface area contributed by atoms with Gasteiger partial charge in [-0.2, -0.15) is 0 Å². The molecule has 162 valence electrons. The first-order valence-electron chi connectivity index (χ1n) is 10.6. The van der Waals surface area contributed by atoms with Gasteiger partial charge in [0.25, 0.3) is 0 Å². The summed E-state index contributed by atoms with van der Waals surface area (Å²) in [5.74, 6) is -0.0271. The quantitative estimate of drug-likeness (QED) is 0.406. The zero-order valence-corrected chi connectivity index (χ0v) is 19.4. The Balaban J connectivity index is 1.65. The third kappa shape index (κ3) is 6.86. The molecule has 0 aliphatic heterocycles. The first-order chi connectivity index (χ1) is 14.7. The number of nitrogens with one attached hydrogen (secondary N) is 2. The molecule has 2 amide bonds. The molecule has 3 rings (SSSR count). The van der Waals surface area contributed by atoms with Gasteiger partial charge >= 0.3 is 0 Å². The van der Waals surface area contributed by atoms with Crippen LogP contribution in [-0.4, -0.2) is 17.1 Å². The fraction of sp³-hybridized carbons (Fsp3) is 0.308. The van der Waals surface area contributed by atoms with E-state index in [1.807, 2.05) is 88.4 Å². The van der Waals surface area contributed by atoms with Crippen molar-refractivity contribution in [2.45, 2.75) is 50.7 Å².